The molecule has 0 fully saturated rings. The van der Waals surface area contributed by atoms with E-state index >= 15 is 0 Å². The smallest absolute Gasteiger partial charge is 0.315 e. The Bertz CT molecular complexity index is 911. The molecule has 0 aromatic heterocycles. The van der Waals surface area contributed by atoms with Crippen LogP contribution in [-0.2, 0) is 0 Å². The highest BCUT2D eigenvalue weighted by Gasteiger charge is 2.20. The number of aromatic hydroxyl groups is 1. The van der Waals surface area contributed by atoms with Crippen molar-refractivity contribution in [2.24, 2.45) is 5.10 Å². The Kier molecular flexibility index (Phi) is 5.43. The van der Waals surface area contributed by atoms with E-state index in [2.05, 4.69) is 10.5 Å². The van der Waals surface area contributed by atoms with Crippen LogP contribution in [-0.4, -0.2) is 34.2 Å². The van der Waals surface area contributed by atoms with Crippen LogP contribution in [0.25, 0.3) is 0 Å². The van der Waals surface area contributed by atoms with Crippen LogP contribution in [0.2, 0.25) is 0 Å². The second-order valence-corrected chi connectivity index (χ2v) is 4.81. The summed E-state index contributed by atoms with van der Waals surface area (Å²) in [5.41, 5.74) is 0.760. The minimum atomic E-state index is -0.856. The zero-order valence-corrected chi connectivity index (χ0v) is 13.3. The highest BCUT2D eigenvalue weighted by molar-refractivity contribution is 5.98. The largest absolute Gasteiger partial charge is 0.502 e. The number of ether oxygens (including phenoxy) is 1. The van der Waals surface area contributed by atoms with Crippen LogP contribution in [0, 0.1) is 20.2 Å². The number of nitro groups is 2. The minimum Gasteiger partial charge on any atom is -0.502 e. The topological polar surface area (TPSA) is 157 Å². The molecule has 0 atom stereocenters. The molecule has 2 aromatic rings. The van der Waals surface area contributed by atoms with Crippen LogP contribution < -0.4 is 10.2 Å². The number of carbonyl (C=O) groups excluding carboxylic acids is 1. The van der Waals surface area contributed by atoms with Gasteiger partial charge in [0.05, 0.1) is 29.2 Å². The van der Waals surface area contributed by atoms with Gasteiger partial charge in [0.15, 0.2) is 0 Å². The van der Waals surface area contributed by atoms with Gasteiger partial charge in [-0.1, -0.05) is 12.1 Å². The standard InChI is InChI=1S/C15H12N4O7/c1-26-10-6-9(14(20)13(7-10)19(24)25)8-16-17-15(21)11-4-2-3-5-12(11)18(22)23/h2-8,20H,1H3,(H,17,21)/b16-8-. The molecule has 134 valence electrons. The lowest BCUT2D eigenvalue weighted by molar-refractivity contribution is -0.386. The first-order valence-corrected chi connectivity index (χ1v) is 6.97. The summed E-state index contributed by atoms with van der Waals surface area (Å²) in [7, 11) is 1.29. The Morgan fingerprint density at radius 1 is 1.19 bits per heavy atom. The predicted octanol–water partition coefficient (Wildman–Crippen LogP) is 1.98. The minimum absolute atomic E-state index is 0.0843. The van der Waals surface area contributed by atoms with Gasteiger partial charge >= 0.3 is 5.69 Å². The molecule has 0 radical (unpaired) electrons. The lowest BCUT2D eigenvalue weighted by atomic mass is 10.1. The first-order chi connectivity index (χ1) is 12.3. The maximum atomic E-state index is 12.0. The molecule has 11 nitrogen and oxygen atoms in total. The highest BCUT2D eigenvalue weighted by Crippen LogP contribution is 2.33. The van der Waals surface area contributed by atoms with E-state index in [9.17, 15) is 30.1 Å². The summed E-state index contributed by atoms with van der Waals surface area (Å²) in [6, 6.07) is 7.56. The monoisotopic (exact) mass is 360 g/mol. The molecule has 2 N–H and O–H groups in total. The maximum Gasteiger partial charge on any atom is 0.315 e. The second-order valence-electron chi connectivity index (χ2n) is 4.81. The molecule has 0 spiro atoms. The number of para-hydroxylation sites is 1. The summed E-state index contributed by atoms with van der Waals surface area (Å²) in [6.45, 7) is 0. The van der Waals surface area contributed by atoms with Crippen molar-refractivity contribution in [2.75, 3.05) is 7.11 Å². The summed E-state index contributed by atoms with van der Waals surface area (Å²) >= 11 is 0. The van der Waals surface area contributed by atoms with Crippen molar-refractivity contribution < 1.29 is 24.5 Å². The van der Waals surface area contributed by atoms with Gasteiger partial charge in [-0.25, -0.2) is 5.43 Å². The molecule has 0 saturated heterocycles. The van der Waals surface area contributed by atoms with E-state index in [1.54, 1.807) is 0 Å². The van der Waals surface area contributed by atoms with Crippen LogP contribution in [0.1, 0.15) is 15.9 Å². The van der Waals surface area contributed by atoms with Gasteiger partial charge in [-0.05, 0) is 12.1 Å². The molecule has 0 bridgehead atoms. The number of carbonyl (C=O) groups is 1. The van der Waals surface area contributed by atoms with Crippen LogP contribution in [0.3, 0.4) is 0 Å². The molecular formula is C15H12N4O7. The molecular weight excluding hydrogens is 348 g/mol. The predicted molar refractivity (Wildman–Crippen MR) is 89.5 cm³/mol. The summed E-state index contributed by atoms with van der Waals surface area (Å²) in [5.74, 6) is -1.43. The Balaban J connectivity index is 2.26. The summed E-state index contributed by atoms with van der Waals surface area (Å²) in [4.78, 5) is 32.3. The molecule has 0 aliphatic heterocycles. The fourth-order valence-electron chi connectivity index (χ4n) is 2.02. The van der Waals surface area contributed by atoms with Gasteiger partial charge in [-0.2, -0.15) is 5.10 Å². The number of nitrogens with one attached hydrogen (secondary N) is 1. The number of hydrazone groups is 1. The van der Waals surface area contributed by atoms with Crippen molar-refractivity contribution in [1.29, 1.82) is 0 Å². The van der Waals surface area contributed by atoms with Gasteiger partial charge in [-0.3, -0.25) is 25.0 Å². The highest BCUT2D eigenvalue weighted by atomic mass is 16.6. The molecule has 2 aromatic carbocycles. The van der Waals surface area contributed by atoms with E-state index in [0.29, 0.717) is 0 Å². The van der Waals surface area contributed by atoms with Crippen LogP contribution in [0.15, 0.2) is 41.5 Å². The number of hydrogen-bond donors (Lipinski definition) is 2. The number of benzene rings is 2. The van der Waals surface area contributed by atoms with Gasteiger partial charge in [0, 0.05) is 11.6 Å². The van der Waals surface area contributed by atoms with Crippen molar-refractivity contribution in [3.05, 3.63) is 67.8 Å². The third kappa shape index (κ3) is 3.90. The van der Waals surface area contributed by atoms with E-state index in [1.807, 2.05) is 0 Å². The maximum absolute atomic E-state index is 12.0. The Morgan fingerprint density at radius 2 is 1.85 bits per heavy atom. The number of hydrogen-bond acceptors (Lipinski definition) is 8. The molecule has 2 rings (SSSR count). The van der Waals surface area contributed by atoms with Gasteiger partial charge in [-0.15, -0.1) is 0 Å². The molecule has 0 unspecified atom stereocenters. The van der Waals surface area contributed by atoms with E-state index in [4.69, 9.17) is 4.74 Å². The number of phenolic OH excluding ortho intramolecular Hbond substituents is 1. The van der Waals surface area contributed by atoms with Crippen molar-refractivity contribution in [2.45, 2.75) is 0 Å². The van der Waals surface area contributed by atoms with E-state index < -0.39 is 32.9 Å². The third-order valence-electron chi connectivity index (χ3n) is 3.24. The van der Waals surface area contributed by atoms with Crippen molar-refractivity contribution in [1.82, 2.24) is 5.43 Å². The zero-order valence-electron chi connectivity index (χ0n) is 13.3. The number of amides is 1. The van der Waals surface area contributed by atoms with Crippen molar-refractivity contribution in [3.63, 3.8) is 0 Å². The molecule has 0 saturated carbocycles. The third-order valence-corrected chi connectivity index (χ3v) is 3.24. The van der Waals surface area contributed by atoms with Gasteiger partial charge < -0.3 is 9.84 Å². The van der Waals surface area contributed by atoms with Crippen LogP contribution in [0.5, 0.6) is 11.5 Å². The number of methoxy groups -OCH3 is 1. The lowest BCUT2D eigenvalue weighted by Crippen LogP contribution is -2.19. The molecule has 11 heteroatoms. The molecule has 0 aliphatic carbocycles. The lowest BCUT2D eigenvalue weighted by Gasteiger charge is -2.05. The number of phenols is 1. The van der Waals surface area contributed by atoms with Crippen LogP contribution in [0.4, 0.5) is 11.4 Å². The van der Waals surface area contributed by atoms with E-state index in [-0.39, 0.29) is 16.9 Å². The van der Waals surface area contributed by atoms with Crippen molar-refractivity contribution in [3.8, 4) is 11.5 Å². The molecule has 0 heterocycles. The SMILES string of the molecule is COc1cc(/C=N\NC(=O)c2ccccc2[N+](=O)[O-])c(O)c([N+](=O)[O-])c1. The zero-order chi connectivity index (χ0) is 19.3. The van der Waals surface area contributed by atoms with Crippen LogP contribution >= 0.6 is 0 Å². The summed E-state index contributed by atoms with van der Waals surface area (Å²) in [5, 5.41) is 35.3. The first kappa shape index (κ1) is 18.3. The van der Waals surface area contributed by atoms with Gasteiger partial charge in [0.2, 0.25) is 5.75 Å². The molecule has 0 aliphatic rings. The second kappa shape index (κ2) is 7.70. The quantitative estimate of drug-likeness (QED) is 0.453. The normalized spacial score (nSPS) is 10.5. The van der Waals surface area contributed by atoms with Gasteiger partial charge in [0.25, 0.3) is 11.6 Å². The molecule has 1 amide bonds. The average molecular weight is 360 g/mol. The molecule has 26 heavy (non-hydrogen) atoms. The van der Waals surface area contributed by atoms with E-state index in [0.717, 1.165) is 18.3 Å². The fourth-order valence-corrected chi connectivity index (χ4v) is 2.02. The van der Waals surface area contributed by atoms with Gasteiger partial charge in [0.1, 0.15) is 11.3 Å². The summed E-state index contributed by atoms with van der Waals surface area (Å²) < 4.78 is 4.90. The average Bonchev–Trinajstić information content (AvgIpc) is 2.62. The Morgan fingerprint density at radius 3 is 2.46 bits per heavy atom. The number of rotatable bonds is 6. The Labute approximate surface area is 145 Å². The number of nitro benzene ring substituents is 2. The number of nitrogens with zero attached hydrogens (tertiary/aromatic N) is 3. The summed E-state index contributed by atoms with van der Waals surface area (Å²) in [6.07, 6.45) is 0.956. The first-order valence-electron chi connectivity index (χ1n) is 6.97. The van der Waals surface area contributed by atoms with Crippen molar-refractivity contribution >= 4 is 23.5 Å². The Hall–Kier alpha value is -4.02. The fraction of sp³-hybridized carbons (Fsp3) is 0.0667. The van der Waals surface area contributed by atoms with E-state index in [1.165, 1.54) is 31.4 Å².